The molecule has 8 heteroatoms. The second-order valence-corrected chi connectivity index (χ2v) is 7.68. The predicted octanol–water partition coefficient (Wildman–Crippen LogP) is 2.14. The van der Waals surface area contributed by atoms with Gasteiger partial charge < -0.3 is 21.1 Å². The highest BCUT2D eigenvalue weighted by Gasteiger charge is 2.40. The highest BCUT2D eigenvalue weighted by Crippen LogP contribution is 2.40. The van der Waals surface area contributed by atoms with Crippen molar-refractivity contribution in [1.29, 1.82) is 5.41 Å². The molecule has 29 heavy (non-hydrogen) atoms. The van der Waals surface area contributed by atoms with E-state index in [0.29, 0.717) is 16.9 Å². The second kappa shape index (κ2) is 7.54. The first-order chi connectivity index (χ1) is 14.0. The molecule has 2 aromatic rings. The fraction of sp³-hybridized carbons (Fsp3) is 0.333. The first-order valence-corrected chi connectivity index (χ1v) is 9.62. The van der Waals surface area contributed by atoms with Crippen molar-refractivity contribution in [3.63, 3.8) is 0 Å². The summed E-state index contributed by atoms with van der Waals surface area (Å²) in [6, 6.07) is 7.49. The number of rotatable bonds is 7. The molecule has 1 aliphatic carbocycles. The van der Waals surface area contributed by atoms with Crippen LogP contribution in [-0.4, -0.2) is 46.6 Å². The van der Waals surface area contributed by atoms with E-state index in [9.17, 15) is 0 Å². The van der Waals surface area contributed by atoms with Gasteiger partial charge in [-0.1, -0.05) is 0 Å². The summed E-state index contributed by atoms with van der Waals surface area (Å²) in [5.41, 5.74) is 13.3. The van der Waals surface area contributed by atoms with E-state index in [2.05, 4.69) is 26.8 Å². The van der Waals surface area contributed by atoms with Crippen LogP contribution < -0.4 is 21.1 Å². The van der Waals surface area contributed by atoms with E-state index in [1.165, 1.54) is 12.5 Å². The standard InChI is InChI=1S/C21H25N7O/c1-21(5-6-21)29-15-3-4-17(23)16(9-15)20(24)18-10-19(27-13-26-18)28-11-14(12-28)25-8-2-7-22/h2-4,7-10,13-14,24H,5-6,11-12,22-23H2,1H3. The van der Waals surface area contributed by atoms with E-state index < -0.39 is 0 Å². The number of nitrogens with one attached hydrogen (secondary N) is 1. The van der Waals surface area contributed by atoms with Gasteiger partial charge in [0.2, 0.25) is 0 Å². The Kier molecular flexibility index (Phi) is 4.92. The second-order valence-electron chi connectivity index (χ2n) is 7.68. The minimum Gasteiger partial charge on any atom is -0.488 e. The van der Waals surface area contributed by atoms with E-state index in [1.54, 1.807) is 18.4 Å². The fourth-order valence-corrected chi connectivity index (χ4v) is 3.13. The Morgan fingerprint density at radius 2 is 2.10 bits per heavy atom. The van der Waals surface area contributed by atoms with Crippen LogP contribution in [0.5, 0.6) is 5.75 Å². The van der Waals surface area contributed by atoms with Gasteiger partial charge in [-0.25, -0.2) is 9.97 Å². The van der Waals surface area contributed by atoms with Crippen molar-refractivity contribution >= 4 is 23.4 Å². The summed E-state index contributed by atoms with van der Waals surface area (Å²) in [5.74, 6) is 1.50. The normalized spacial score (nSPS) is 18.2. The van der Waals surface area contributed by atoms with Crippen LogP contribution >= 0.6 is 0 Å². The summed E-state index contributed by atoms with van der Waals surface area (Å²) in [6.07, 6.45) is 8.45. The number of aromatic nitrogens is 2. The zero-order valence-corrected chi connectivity index (χ0v) is 16.4. The van der Waals surface area contributed by atoms with Gasteiger partial charge in [-0.2, -0.15) is 0 Å². The molecule has 1 saturated heterocycles. The number of ether oxygens (including phenoxy) is 1. The molecule has 0 amide bonds. The molecule has 5 N–H and O–H groups in total. The zero-order chi connectivity index (χ0) is 20.4. The topological polar surface area (TPSA) is 126 Å². The van der Waals surface area contributed by atoms with Crippen molar-refractivity contribution in [2.75, 3.05) is 23.7 Å². The first-order valence-electron chi connectivity index (χ1n) is 9.62. The number of hydrogen-bond donors (Lipinski definition) is 3. The van der Waals surface area contributed by atoms with E-state index in [1.807, 2.05) is 18.2 Å². The Balaban J connectivity index is 1.49. The molecule has 1 aromatic heterocycles. The maximum atomic E-state index is 8.63. The van der Waals surface area contributed by atoms with Crippen LogP contribution in [0.25, 0.3) is 0 Å². The van der Waals surface area contributed by atoms with E-state index in [0.717, 1.165) is 37.5 Å². The van der Waals surface area contributed by atoms with Gasteiger partial charge in [-0.15, -0.1) is 0 Å². The Morgan fingerprint density at radius 3 is 2.83 bits per heavy atom. The van der Waals surface area contributed by atoms with Crippen LogP contribution in [0, 0.1) is 5.41 Å². The van der Waals surface area contributed by atoms with Crippen molar-refractivity contribution in [3.05, 3.63) is 54.1 Å². The van der Waals surface area contributed by atoms with Crippen molar-refractivity contribution in [3.8, 4) is 5.75 Å². The van der Waals surface area contributed by atoms with Gasteiger partial charge in [-0.3, -0.25) is 10.4 Å². The van der Waals surface area contributed by atoms with Crippen molar-refractivity contribution < 1.29 is 4.74 Å². The molecule has 2 fully saturated rings. The molecule has 0 unspecified atom stereocenters. The average Bonchev–Trinajstić information content (AvgIpc) is 3.41. The van der Waals surface area contributed by atoms with Crippen molar-refractivity contribution in [2.24, 2.45) is 10.7 Å². The van der Waals surface area contributed by atoms with Crippen LogP contribution in [0.4, 0.5) is 11.5 Å². The van der Waals surface area contributed by atoms with Crippen LogP contribution in [0.3, 0.4) is 0 Å². The number of hydrogen-bond acceptors (Lipinski definition) is 8. The van der Waals surface area contributed by atoms with Gasteiger partial charge in [0.15, 0.2) is 0 Å². The lowest BCUT2D eigenvalue weighted by Crippen LogP contribution is -2.50. The zero-order valence-electron chi connectivity index (χ0n) is 16.4. The lowest BCUT2D eigenvalue weighted by Gasteiger charge is -2.37. The Hall–Kier alpha value is -3.42. The number of nitrogen functional groups attached to an aromatic ring is 1. The minimum atomic E-state index is -0.0892. The molecular weight excluding hydrogens is 366 g/mol. The third kappa shape index (κ3) is 4.21. The van der Waals surface area contributed by atoms with Crippen LogP contribution in [0.1, 0.15) is 31.0 Å². The van der Waals surface area contributed by atoms with Crippen LogP contribution in [0.15, 0.2) is 47.9 Å². The summed E-state index contributed by atoms with van der Waals surface area (Å²) in [4.78, 5) is 15.1. The molecule has 8 nitrogen and oxygen atoms in total. The number of benzene rings is 1. The quantitative estimate of drug-likeness (QED) is 0.490. The Labute approximate surface area is 169 Å². The van der Waals surface area contributed by atoms with Gasteiger partial charge in [0, 0.05) is 36.6 Å². The molecule has 0 radical (unpaired) electrons. The molecule has 0 spiro atoms. The highest BCUT2D eigenvalue weighted by atomic mass is 16.5. The summed E-state index contributed by atoms with van der Waals surface area (Å²) in [7, 11) is 0. The molecule has 150 valence electrons. The Bertz CT molecular complexity index is 975. The maximum Gasteiger partial charge on any atom is 0.132 e. The van der Waals surface area contributed by atoms with Crippen LogP contribution in [-0.2, 0) is 0 Å². The molecule has 0 bridgehead atoms. The molecule has 4 rings (SSSR count). The minimum absolute atomic E-state index is 0.0892. The summed E-state index contributed by atoms with van der Waals surface area (Å²) < 4.78 is 6.02. The lowest BCUT2D eigenvalue weighted by molar-refractivity contribution is 0.200. The van der Waals surface area contributed by atoms with E-state index in [-0.39, 0.29) is 17.4 Å². The van der Waals surface area contributed by atoms with Crippen molar-refractivity contribution in [2.45, 2.75) is 31.4 Å². The van der Waals surface area contributed by atoms with E-state index in [4.69, 9.17) is 21.6 Å². The Morgan fingerprint density at radius 1 is 1.31 bits per heavy atom. The highest BCUT2D eigenvalue weighted by molar-refractivity contribution is 6.13. The van der Waals surface area contributed by atoms with Gasteiger partial charge >= 0.3 is 0 Å². The molecule has 2 heterocycles. The SMILES string of the molecule is CC1(Oc2ccc(N)c(C(=N)c3cc(N4CC(N=CC=CN)C4)ncn3)c2)CC1. The largest absolute Gasteiger partial charge is 0.488 e. The predicted molar refractivity (Wildman–Crippen MR) is 115 cm³/mol. The molecular formula is C21H25N7O. The van der Waals surface area contributed by atoms with Gasteiger partial charge in [0.05, 0.1) is 17.4 Å². The summed E-state index contributed by atoms with van der Waals surface area (Å²) in [5, 5.41) is 8.63. The number of anilines is 2. The third-order valence-corrected chi connectivity index (χ3v) is 5.20. The lowest BCUT2D eigenvalue weighted by atomic mass is 10.0. The number of nitrogens with zero attached hydrogens (tertiary/aromatic N) is 4. The van der Waals surface area contributed by atoms with Gasteiger partial charge in [0.1, 0.15) is 23.5 Å². The van der Waals surface area contributed by atoms with Gasteiger partial charge in [-0.05, 0) is 50.2 Å². The molecule has 1 aromatic carbocycles. The van der Waals surface area contributed by atoms with E-state index >= 15 is 0 Å². The first kappa shape index (κ1) is 18.9. The fourth-order valence-electron chi connectivity index (χ4n) is 3.13. The van der Waals surface area contributed by atoms with Crippen LogP contribution in [0.2, 0.25) is 0 Å². The van der Waals surface area contributed by atoms with Gasteiger partial charge in [0.25, 0.3) is 0 Å². The number of allylic oxidation sites excluding steroid dienone is 1. The summed E-state index contributed by atoms with van der Waals surface area (Å²) in [6.45, 7) is 3.62. The number of aliphatic imine (C=N–C) groups is 1. The monoisotopic (exact) mass is 391 g/mol. The summed E-state index contributed by atoms with van der Waals surface area (Å²) >= 11 is 0. The molecule has 0 atom stereocenters. The van der Waals surface area contributed by atoms with Crippen molar-refractivity contribution in [1.82, 2.24) is 9.97 Å². The molecule has 1 saturated carbocycles. The maximum absolute atomic E-state index is 8.63. The third-order valence-electron chi connectivity index (χ3n) is 5.20. The molecule has 1 aliphatic heterocycles. The number of nitrogens with two attached hydrogens (primary N) is 2. The smallest absolute Gasteiger partial charge is 0.132 e. The average molecular weight is 391 g/mol. The molecule has 2 aliphatic rings.